The van der Waals surface area contributed by atoms with Gasteiger partial charge in [-0.2, -0.15) is 13.2 Å². The van der Waals surface area contributed by atoms with Crippen LogP contribution in [0.5, 0.6) is 0 Å². The highest BCUT2D eigenvalue weighted by Gasteiger charge is 2.30. The molecule has 1 aliphatic rings. The first-order valence-electron chi connectivity index (χ1n) is 8.16. The van der Waals surface area contributed by atoms with Crippen molar-refractivity contribution in [2.75, 3.05) is 6.54 Å². The summed E-state index contributed by atoms with van der Waals surface area (Å²) in [6, 6.07) is 11.6. The predicted octanol–water partition coefficient (Wildman–Crippen LogP) is 4.26. The fraction of sp³-hybridized carbons (Fsp3) is 0.316. The van der Waals surface area contributed by atoms with Gasteiger partial charge in [0.15, 0.2) is 0 Å². The van der Waals surface area contributed by atoms with Crippen LogP contribution in [0.25, 0.3) is 11.1 Å². The van der Waals surface area contributed by atoms with Gasteiger partial charge in [-0.15, -0.1) is 12.4 Å². The fourth-order valence-electron chi connectivity index (χ4n) is 2.77. The number of amides is 1. The lowest BCUT2D eigenvalue weighted by Crippen LogP contribution is -2.38. The summed E-state index contributed by atoms with van der Waals surface area (Å²) in [5.74, 6) is 0.206. The Labute approximate surface area is 156 Å². The molecular formula is C19H20ClF3N2O. The van der Waals surface area contributed by atoms with E-state index in [1.54, 1.807) is 24.3 Å². The van der Waals surface area contributed by atoms with Crippen LogP contribution in [-0.2, 0) is 6.18 Å². The van der Waals surface area contributed by atoms with E-state index in [-0.39, 0.29) is 24.4 Å². The molecule has 0 bridgehead atoms. The second-order valence-electron chi connectivity index (χ2n) is 6.33. The zero-order valence-corrected chi connectivity index (χ0v) is 14.7. The average Bonchev–Trinajstić information content (AvgIpc) is 3.44. The van der Waals surface area contributed by atoms with Crippen molar-refractivity contribution in [1.29, 1.82) is 0 Å². The minimum Gasteiger partial charge on any atom is -0.350 e. The summed E-state index contributed by atoms with van der Waals surface area (Å²) < 4.78 is 38.1. The molecular weight excluding hydrogens is 365 g/mol. The zero-order chi connectivity index (χ0) is 18.0. The molecule has 1 fully saturated rings. The van der Waals surface area contributed by atoms with Gasteiger partial charge in [-0.05, 0) is 48.1 Å². The third kappa shape index (κ3) is 4.77. The summed E-state index contributed by atoms with van der Waals surface area (Å²) in [5.41, 5.74) is 6.85. The van der Waals surface area contributed by atoms with E-state index in [1.165, 1.54) is 12.1 Å². The van der Waals surface area contributed by atoms with Gasteiger partial charge in [0.25, 0.3) is 5.91 Å². The van der Waals surface area contributed by atoms with Crippen LogP contribution in [0.4, 0.5) is 13.2 Å². The molecule has 3 nitrogen and oxygen atoms in total. The van der Waals surface area contributed by atoms with Crippen LogP contribution in [0.15, 0.2) is 48.5 Å². The lowest BCUT2D eigenvalue weighted by molar-refractivity contribution is -0.137. The van der Waals surface area contributed by atoms with E-state index in [0.717, 1.165) is 25.0 Å². The molecule has 0 aromatic heterocycles. The van der Waals surface area contributed by atoms with Gasteiger partial charge in [-0.3, -0.25) is 4.79 Å². The summed E-state index contributed by atoms with van der Waals surface area (Å²) >= 11 is 0. The van der Waals surface area contributed by atoms with E-state index >= 15 is 0 Å². The molecule has 3 rings (SSSR count). The van der Waals surface area contributed by atoms with Crippen LogP contribution < -0.4 is 11.1 Å². The molecule has 1 saturated carbocycles. The molecule has 2 aromatic carbocycles. The maximum atomic E-state index is 12.7. The third-order valence-corrected chi connectivity index (χ3v) is 4.42. The number of benzene rings is 2. The number of alkyl halides is 3. The van der Waals surface area contributed by atoms with Gasteiger partial charge in [0.1, 0.15) is 0 Å². The van der Waals surface area contributed by atoms with Gasteiger partial charge in [-0.25, -0.2) is 0 Å². The molecule has 0 heterocycles. The largest absolute Gasteiger partial charge is 0.416 e. The highest BCUT2D eigenvalue weighted by Crippen LogP contribution is 2.32. The SMILES string of the molecule is Cl.NC(CNC(=O)c1ccccc1-c1ccc(C(F)(F)F)cc1)C1CC1. The van der Waals surface area contributed by atoms with E-state index in [9.17, 15) is 18.0 Å². The normalized spacial score (nSPS) is 15.1. The van der Waals surface area contributed by atoms with Crippen LogP contribution in [-0.4, -0.2) is 18.5 Å². The molecule has 0 radical (unpaired) electrons. The van der Waals surface area contributed by atoms with Gasteiger partial charge in [0.2, 0.25) is 0 Å². The molecule has 7 heteroatoms. The molecule has 26 heavy (non-hydrogen) atoms. The molecule has 1 atom stereocenters. The van der Waals surface area contributed by atoms with E-state index in [0.29, 0.717) is 29.2 Å². The van der Waals surface area contributed by atoms with E-state index < -0.39 is 11.7 Å². The van der Waals surface area contributed by atoms with E-state index in [2.05, 4.69) is 5.32 Å². The number of hydrogen-bond donors (Lipinski definition) is 2. The lowest BCUT2D eigenvalue weighted by Gasteiger charge is -2.14. The molecule has 140 valence electrons. The Kier molecular flexibility index (Phi) is 6.31. The van der Waals surface area contributed by atoms with Crippen molar-refractivity contribution in [3.8, 4) is 11.1 Å². The zero-order valence-electron chi connectivity index (χ0n) is 13.9. The van der Waals surface area contributed by atoms with Gasteiger partial charge < -0.3 is 11.1 Å². The van der Waals surface area contributed by atoms with Crippen LogP contribution in [0.2, 0.25) is 0 Å². The smallest absolute Gasteiger partial charge is 0.350 e. The molecule has 0 spiro atoms. The Morgan fingerprint density at radius 2 is 1.73 bits per heavy atom. The monoisotopic (exact) mass is 384 g/mol. The first kappa shape index (κ1) is 20.3. The van der Waals surface area contributed by atoms with Gasteiger partial charge >= 0.3 is 6.18 Å². The van der Waals surface area contributed by atoms with Gasteiger partial charge in [-0.1, -0.05) is 30.3 Å². The Morgan fingerprint density at radius 3 is 2.31 bits per heavy atom. The Hall–Kier alpha value is -2.05. The first-order chi connectivity index (χ1) is 11.9. The molecule has 1 unspecified atom stereocenters. The van der Waals surface area contributed by atoms with Gasteiger partial charge in [0, 0.05) is 18.2 Å². The average molecular weight is 385 g/mol. The van der Waals surface area contributed by atoms with Crippen LogP contribution in [0, 0.1) is 5.92 Å². The quantitative estimate of drug-likeness (QED) is 0.809. The van der Waals surface area contributed by atoms with Crippen molar-refractivity contribution in [3.63, 3.8) is 0 Å². The topological polar surface area (TPSA) is 55.1 Å². The second kappa shape index (κ2) is 8.10. The molecule has 1 aliphatic carbocycles. The van der Waals surface area contributed by atoms with Gasteiger partial charge in [0.05, 0.1) is 5.56 Å². The number of carbonyl (C=O) groups excluding carboxylic acids is 1. The highest BCUT2D eigenvalue weighted by atomic mass is 35.5. The van der Waals surface area contributed by atoms with Crippen molar-refractivity contribution in [2.24, 2.45) is 11.7 Å². The standard InChI is InChI=1S/C19H19F3N2O.ClH/c20-19(21,22)14-9-7-12(8-10-14)15-3-1-2-4-16(15)18(25)24-11-17(23)13-5-6-13;/h1-4,7-10,13,17H,5-6,11,23H2,(H,24,25);1H. The van der Waals surface area contributed by atoms with Crippen LogP contribution >= 0.6 is 12.4 Å². The van der Waals surface area contributed by atoms with Crippen molar-refractivity contribution in [2.45, 2.75) is 25.1 Å². The Morgan fingerprint density at radius 1 is 1.12 bits per heavy atom. The summed E-state index contributed by atoms with van der Waals surface area (Å²) in [6.07, 6.45) is -2.19. The summed E-state index contributed by atoms with van der Waals surface area (Å²) in [7, 11) is 0. The highest BCUT2D eigenvalue weighted by molar-refractivity contribution is 6.00. The predicted molar refractivity (Wildman–Crippen MR) is 97.2 cm³/mol. The number of hydrogen-bond acceptors (Lipinski definition) is 2. The van der Waals surface area contributed by atoms with Crippen molar-refractivity contribution < 1.29 is 18.0 Å². The summed E-state index contributed by atoms with van der Waals surface area (Å²) in [4.78, 5) is 12.5. The molecule has 3 N–H and O–H groups in total. The molecule has 0 saturated heterocycles. The number of halogens is 4. The number of nitrogens with one attached hydrogen (secondary N) is 1. The van der Waals surface area contributed by atoms with E-state index in [1.807, 2.05) is 0 Å². The van der Waals surface area contributed by atoms with Crippen LogP contribution in [0.1, 0.15) is 28.8 Å². The minimum atomic E-state index is -4.38. The summed E-state index contributed by atoms with van der Waals surface area (Å²) in [6.45, 7) is 0.394. The third-order valence-electron chi connectivity index (χ3n) is 4.42. The molecule has 1 amide bonds. The maximum absolute atomic E-state index is 12.7. The first-order valence-corrected chi connectivity index (χ1v) is 8.16. The van der Waals surface area contributed by atoms with E-state index in [4.69, 9.17) is 5.73 Å². The number of nitrogens with two attached hydrogens (primary N) is 1. The van der Waals surface area contributed by atoms with Crippen LogP contribution in [0.3, 0.4) is 0 Å². The molecule has 0 aliphatic heterocycles. The minimum absolute atomic E-state index is 0. The van der Waals surface area contributed by atoms with Crippen molar-refractivity contribution in [3.05, 3.63) is 59.7 Å². The van der Waals surface area contributed by atoms with Crippen molar-refractivity contribution in [1.82, 2.24) is 5.32 Å². The summed E-state index contributed by atoms with van der Waals surface area (Å²) in [5, 5.41) is 2.82. The van der Waals surface area contributed by atoms with Crippen molar-refractivity contribution >= 4 is 18.3 Å². The second-order valence-corrected chi connectivity index (χ2v) is 6.33. The lowest BCUT2D eigenvalue weighted by atomic mass is 9.98. The number of rotatable bonds is 5. The Balaban J connectivity index is 0.00000243. The molecule has 2 aromatic rings. The number of carbonyl (C=O) groups is 1. The Bertz CT molecular complexity index is 758. The fourth-order valence-corrected chi connectivity index (χ4v) is 2.77. The maximum Gasteiger partial charge on any atom is 0.416 e.